The molecule has 9 heteroatoms. The fourth-order valence-corrected chi connectivity index (χ4v) is 3.90. The fraction of sp³-hybridized carbons (Fsp3) is 0.190. The Morgan fingerprint density at radius 1 is 1.17 bits per heavy atom. The van der Waals surface area contributed by atoms with E-state index in [1.54, 1.807) is 13.3 Å². The Morgan fingerprint density at radius 3 is 2.87 bits per heavy atom. The van der Waals surface area contributed by atoms with Gasteiger partial charge in [-0.2, -0.15) is 10.3 Å². The Balaban J connectivity index is 1.53. The van der Waals surface area contributed by atoms with Crippen LogP contribution in [-0.4, -0.2) is 48.7 Å². The molecular formula is C21H19N7O2. The van der Waals surface area contributed by atoms with Gasteiger partial charge in [-0.25, -0.2) is 0 Å². The Hall–Kier alpha value is -4.01. The highest BCUT2D eigenvalue weighted by atomic mass is 16.5. The van der Waals surface area contributed by atoms with Gasteiger partial charge in [-0.3, -0.25) is 9.89 Å². The van der Waals surface area contributed by atoms with Crippen LogP contribution in [0.2, 0.25) is 0 Å². The third-order valence-corrected chi connectivity index (χ3v) is 5.36. The number of fused-ring (bicyclic) bond motifs is 1. The first-order valence-corrected chi connectivity index (χ1v) is 9.52. The predicted octanol–water partition coefficient (Wildman–Crippen LogP) is 2.54. The van der Waals surface area contributed by atoms with Crippen LogP contribution in [0, 0.1) is 0 Å². The molecule has 1 aliphatic heterocycles. The van der Waals surface area contributed by atoms with E-state index in [1.165, 1.54) is 0 Å². The predicted molar refractivity (Wildman–Crippen MR) is 108 cm³/mol. The molecule has 1 amide bonds. The second-order valence-electron chi connectivity index (χ2n) is 7.12. The van der Waals surface area contributed by atoms with Crippen LogP contribution in [0.1, 0.15) is 33.4 Å². The van der Waals surface area contributed by atoms with Crippen molar-refractivity contribution in [1.29, 1.82) is 0 Å². The van der Waals surface area contributed by atoms with Crippen LogP contribution < -0.4 is 4.74 Å². The van der Waals surface area contributed by atoms with E-state index in [9.17, 15) is 4.79 Å². The molecule has 3 heterocycles. The minimum atomic E-state index is -0.185. The number of amides is 1. The molecule has 9 nitrogen and oxygen atoms in total. The minimum absolute atomic E-state index is 0.0216. The number of nitrogens with zero attached hydrogens (tertiary/aromatic N) is 5. The molecule has 4 aromatic rings. The largest absolute Gasteiger partial charge is 0.497 e. The normalized spacial score (nSPS) is 15.4. The average molecular weight is 401 g/mol. The van der Waals surface area contributed by atoms with Crippen molar-refractivity contribution in [2.24, 2.45) is 0 Å². The van der Waals surface area contributed by atoms with Crippen molar-refractivity contribution in [2.45, 2.75) is 19.0 Å². The maximum atomic E-state index is 13.4. The molecule has 0 aliphatic carbocycles. The van der Waals surface area contributed by atoms with Crippen LogP contribution in [0.25, 0.3) is 11.1 Å². The molecule has 30 heavy (non-hydrogen) atoms. The number of ether oxygens (including phenoxy) is 1. The minimum Gasteiger partial charge on any atom is -0.497 e. The van der Waals surface area contributed by atoms with Crippen molar-refractivity contribution in [2.75, 3.05) is 7.11 Å². The fourth-order valence-electron chi connectivity index (χ4n) is 3.90. The maximum Gasteiger partial charge on any atom is 0.255 e. The number of hydrogen-bond acceptors (Lipinski definition) is 6. The number of aromatic amines is 2. The van der Waals surface area contributed by atoms with Gasteiger partial charge in [0.05, 0.1) is 19.3 Å². The van der Waals surface area contributed by atoms with Gasteiger partial charge in [0.25, 0.3) is 5.91 Å². The number of methoxy groups -OCH3 is 1. The molecule has 0 spiro atoms. The van der Waals surface area contributed by atoms with Crippen LogP contribution in [0.3, 0.4) is 0 Å². The number of rotatable bonds is 6. The number of nitrogens with one attached hydrogen (secondary N) is 2. The molecule has 0 saturated carbocycles. The quantitative estimate of drug-likeness (QED) is 0.513. The number of carbonyl (C=O) groups excluding carboxylic acids is 1. The van der Waals surface area contributed by atoms with E-state index < -0.39 is 0 Å². The summed E-state index contributed by atoms with van der Waals surface area (Å²) in [6, 6.07) is 13.5. The van der Waals surface area contributed by atoms with E-state index in [4.69, 9.17) is 4.74 Å². The van der Waals surface area contributed by atoms with Gasteiger partial charge in [0, 0.05) is 30.3 Å². The summed E-state index contributed by atoms with van der Waals surface area (Å²) >= 11 is 0. The summed E-state index contributed by atoms with van der Waals surface area (Å²) < 4.78 is 5.33. The van der Waals surface area contributed by atoms with E-state index in [-0.39, 0.29) is 11.9 Å². The van der Waals surface area contributed by atoms with Gasteiger partial charge in [0.1, 0.15) is 5.75 Å². The molecule has 2 aromatic heterocycles. The zero-order valence-corrected chi connectivity index (χ0v) is 16.2. The summed E-state index contributed by atoms with van der Waals surface area (Å²) in [6.07, 6.45) is 4.03. The third kappa shape index (κ3) is 3.20. The summed E-state index contributed by atoms with van der Waals surface area (Å²) in [6.45, 7) is 0.453. The third-order valence-electron chi connectivity index (χ3n) is 5.36. The van der Waals surface area contributed by atoms with Crippen molar-refractivity contribution in [1.82, 2.24) is 35.7 Å². The first-order valence-electron chi connectivity index (χ1n) is 9.52. The van der Waals surface area contributed by atoms with Gasteiger partial charge in [-0.1, -0.05) is 29.5 Å². The lowest BCUT2D eigenvalue weighted by molar-refractivity contribution is 0.0707. The van der Waals surface area contributed by atoms with Crippen LogP contribution >= 0.6 is 0 Å². The van der Waals surface area contributed by atoms with Crippen LogP contribution in [-0.2, 0) is 13.0 Å². The highest BCUT2D eigenvalue weighted by Gasteiger charge is 2.37. The summed E-state index contributed by atoms with van der Waals surface area (Å²) in [5.41, 5.74) is 4.51. The van der Waals surface area contributed by atoms with Crippen molar-refractivity contribution in [3.8, 4) is 16.9 Å². The molecule has 5 rings (SSSR count). The molecule has 1 aliphatic rings. The second kappa shape index (κ2) is 7.43. The van der Waals surface area contributed by atoms with Crippen LogP contribution in [0.4, 0.5) is 0 Å². The molecule has 150 valence electrons. The standard InChI is InChI=1S/C21H19N7O2/c1-30-16-4-2-3-13(7-16)12-28-19(9-20-24-26-27-25-20)17-6-5-14(8-18(17)21(28)29)15-10-22-23-11-15/h2-8,10-11,19H,9,12H2,1H3,(H,22,23)(H,24,25,26,27). The van der Waals surface area contributed by atoms with Crippen molar-refractivity contribution >= 4 is 5.91 Å². The van der Waals surface area contributed by atoms with E-state index in [0.29, 0.717) is 24.4 Å². The highest BCUT2D eigenvalue weighted by molar-refractivity contribution is 6.00. The molecule has 2 aromatic carbocycles. The molecule has 1 atom stereocenters. The molecule has 2 N–H and O–H groups in total. The topological polar surface area (TPSA) is 113 Å². The van der Waals surface area contributed by atoms with Gasteiger partial charge in [-0.05, 0) is 34.9 Å². The molecule has 0 bridgehead atoms. The smallest absolute Gasteiger partial charge is 0.255 e. The number of carbonyl (C=O) groups is 1. The van der Waals surface area contributed by atoms with E-state index >= 15 is 0 Å². The lowest BCUT2D eigenvalue weighted by Gasteiger charge is -2.24. The maximum absolute atomic E-state index is 13.4. The second-order valence-corrected chi connectivity index (χ2v) is 7.12. The molecule has 0 saturated heterocycles. The number of aromatic nitrogens is 6. The number of H-pyrrole nitrogens is 2. The van der Waals surface area contributed by atoms with Crippen molar-refractivity contribution in [3.63, 3.8) is 0 Å². The molecule has 0 radical (unpaired) electrons. The lowest BCUT2D eigenvalue weighted by atomic mass is 9.98. The zero-order valence-electron chi connectivity index (χ0n) is 16.2. The first-order chi connectivity index (χ1) is 14.7. The van der Waals surface area contributed by atoms with Gasteiger partial charge in [0.15, 0.2) is 5.82 Å². The summed E-state index contributed by atoms with van der Waals surface area (Å²) in [5.74, 6) is 1.30. The Morgan fingerprint density at radius 2 is 2.10 bits per heavy atom. The Kier molecular flexibility index (Phi) is 4.47. The summed E-state index contributed by atoms with van der Waals surface area (Å²) in [7, 11) is 1.63. The number of benzene rings is 2. The van der Waals surface area contributed by atoms with Gasteiger partial charge in [-0.15, -0.1) is 10.2 Å². The number of tetrazole rings is 1. The number of hydrogen-bond donors (Lipinski definition) is 2. The SMILES string of the molecule is COc1cccc(CN2C(=O)c3cc(-c4cn[nH]c4)ccc3C2Cc2nn[nH]n2)c1. The van der Waals surface area contributed by atoms with E-state index in [0.717, 1.165) is 28.0 Å². The average Bonchev–Trinajstić information content (AvgIpc) is 3.53. The van der Waals surface area contributed by atoms with E-state index in [1.807, 2.05) is 53.6 Å². The van der Waals surface area contributed by atoms with Crippen LogP contribution in [0.5, 0.6) is 5.75 Å². The van der Waals surface area contributed by atoms with Gasteiger partial charge in [0.2, 0.25) is 0 Å². The van der Waals surface area contributed by atoms with Gasteiger partial charge < -0.3 is 9.64 Å². The van der Waals surface area contributed by atoms with Crippen molar-refractivity contribution in [3.05, 3.63) is 77.4 Å². The highest BCUT2D eigenvalue weighted by Crippen LogP contribution is 2.38. The molecular weight excluding hydrogens is 382 g/mol. The van der Waals surface area contributed by atoms with Crippen molar-refractivity contribution < 1.29 is 9.53 Å². The molecule has 1 unspecified atom stereocenters. The summed E-state index contributed by atoms with van der Waals surface area (Å²) in [4.78, 5) is 15.3. The van der Waals surface area contributed by atoms with Gasteiger partial charge >= 0.3 is 0 Å². The monoisotopic (exact) mass is 401 g/mol. The zero-order chi connectivity index (χ0) is 20.5. The lowest BCUT2D eigenvalue weighted by Crippen LogP contribution is -2.29. The summed E-state index contributed by atoms with van der Waals surface area (Å²) in [5, 5.41) is 21.1. The van der Waals surface area contributed by atoms with Crippen LogP contribution in [0.15, 0.2) is 54.9 Å². The Bertz CT molecular complexity index is 1170. The Labute approximate surface area is 172 Å². The first kappa shape index (κ1) is 18.0. The van der Waals surface area contributed by atoms with E-state index in [2.05, 4.69) is 30.8 Å². The molecule has 0 fully saturated rings.